The molecular formula is C17H21N3O3S. The smallest absolute Gasteiger partial charge is 0.255 e. The van der Waals surface area contributed by atoms with E-state index in [0.717, 1.165) is 47.0 Å². The molecule has 0 saturated carbocycles. The highest BCUT2D eigenvalue weighted by molar-refractivity contribution is 7.71. The van der Waals surface area contributed by atoms with Gasteiger partial charge in [0.15, 0.2) is 4.77 Å². The lowest BCUT2D eigenvalue weighted by Gasteiger charge is -2.28. The fourth-order valence-corrected chi connectivity index (χ4v) is 3.48. The third kappa shape index (κ3) is 3.09. The molecule has 3 rings (SSSR count). The monoisotopic (exact) mass is 347 g/mol. The van der Waals surface area contributed by atoms with E-state index in [4.69, 9.17) is 21.7 Å². The lowest BCUT2D eigenvalue weighted by molar-refractivity contribution is 0.236. The molecule has 0 amide bonds. The van der Waals surface area contributed by atoms with E-state index in [1.165, 1.54) is 0 Å². The van der Waals surface area contributed by atoms with E-state index in [-0.39, 0.29) is 5.56 Å². The van der Waals surface area contributed by atoms with Gasteiger partial charge in [0, 0.05) is 42.0 Å². The lowest BCUT2D eigenvalue weighted by Crippen LogP contribution is -2.35. The number of nitrogens with zero attached hydrogens (tertiary/aromatic N) is 1. The molecule has 0 bridgehead atoms. The summed E-state index contributed by atoms with van der Waals surface area (Å²) in [6.45, 7) is 4.20. The molecule has 1 aliphatic rings. The maximum absolute atomic E-state index is 12.0. The zero-order valence-electron chi connectivity index (χ0n) is 14.1. The number of hydrogen-bond acceptors (Lipinski definition) is 5. The SMILES string of the molecule is COc1ccc(CN2CCc3c([nH]c(=S)[nH]c3=O)C2)c(OC)c1C. The predicted octanol–water partition coefficient (Wildman–Crippen LogP) is 2.32. The van der Waals surface area contributed by atoms with Crippen LogP contribution in [0.2, 0.25) is 0 Å². The molecule has 128 valence electrons. The molecule has 0 aliphatic carbocycles. The molecule has 2 heterocycles. The average molecular weight is 347 g/mol. The summed E-state index contributed by atoms with van der Waals surface area (Å²) < 4.78 is 11.3. The number of nitrogens with one attached hydrogen (secondary N) is 2. The van der Waals surface area contributed by atoms with Crippen LogP contribution < -0.4 is 15.0 Å². The van der Waals surface area contributed by atoms with E-state index in [1.807, 2.05) is 19.1 Å². The standard InChI is InChI=1S/C17H21N3O3S/c1-10-14(22-2)5-4-11(15(10)23-3)8-20-7-6-12-13(9-20)18-17(24)19-16(12)21/h4-5H,6-9H2,1-3H3,(H2,18,19,21,24). The third-order valence-corrected chi connectivity index (χ3v) is 4.65. The summed E-state index contributed by atoms with van der Waals surface area (Å²) in [5, 5.41) is 0. The maximum atomic E-state index is 12.0. The second-order valence-corrected chi connectivity index (χ2v) is 6.32. The summed E-state index contributed by atoms with van der Waals surface area (Å²) >= 11 is 5.07. The van der Waals surface area contributed by atoms with Crippen molar-refractivity contribution in [3.05, 3.63) is 49.6 Å². The maximum Gasteiger partial charge on any atom is 0.255 e. The number of aromatic amines is 2. The van der Waals surface area contributed by atoms with Crippen LogP contribution >= 0.6 is 12.2 Å². The minimum absolute atomic E-state index is 0.0775. The van der Waals surface area contributed by atoms with Gasteiger partial charge in [0.05, 0.1) is 14.2 Å². The van der Waals surface area contributed by atoms with Crippen LogP contribution in [0, 0.1) is 11.7 Å². The quantitative estimate of drug-likeness (QED) is 0.831. The van der Waals surface area contributed by atoms with Gasteiger partial charge >= 0.3 is 0 Å². The number of hydrogen-bond donors (Lipinski definition) is 2. The Bertz CT molecular complexity index is 872. The van der Waals surface area contributed by atoms with Crippen molar-refractivity contribution < 1.29 is 9.47 Å². The van der Waals surface area contributed by atoms with E-state index in [2.05, 4.69) is 14.9 Å². The summed E-state index contributed by atoms with van der Waals surface area (Å²) in [7, 11) is 3.33. The van der Waals surface area contributed by atoms with E-state index in [1.54, 1.807) is 14.2 Å². The first-order valence-corrected chi connectivity index (χ1v) is 8.21. The summed E-state index contributed by atoms with van der Waals surface area (Å²) in [5.41, 5.74) is 3.72. The highest BCUT2D eigenvalue weighted by Gasteiger charge is 2.21. The highest BCUT2D eigenvalue weighted by atomic mass is 32.1. The minimum atomic E-state index is -0.0775. The largest absolute Gasteiger partial charge is 0.496 e. The van der Waals surface area contributed by atoms with Crippen molar-refractivity contribution in [2.75, 3.05) is 20.8 Å². The molecule has 1 aromatic heterocycles. The van der Waals surface area contributed by atoms with Crippen LogP contribution in [0.15, 0.2) is 16.9 Å². The molecule has 0 spiro atoms. The van der Waals surface area contributed by atoms with Crippen molar-refractivity contribution in [2.45, 2.75) is 26.4 Å². The second kappa shape index (κ2) is 6.78. The number of aromatic nitrogens is 2. The lowest BCUT2D eigenvalue weighted by atomic mass is 10.0. The normalized spacial score (nSPS) is 14.3. The van der Waals surface area contributed by atoms with Crippen LogP contribution in [0.1, 0.15) is 22.4 Å². The molecule has 7 heteroatoms. The summed E-state index contributed by atoms with van der Waals surface area (Å²) in [5.74, 6) is 1.66. The molecule has 6 nitrogen and oxygen atoms in total. The van der Waals surface area contributed by atoms with Crippen molar-refractivity contribution in [2.24, 2.45) is 0 Å². The fourth-order valence-electron chi connectivity index (χ4n) is 3.27. The minimum Gasteiger partial charge on any atom is -0.496 e. The number of rotatable bonds is 4. The Hall–Kier alpha value is -2.12. The molecule has 1 aliphatic heterocycles. The van der Waals surface area contributed by atoms with Gasteiger partial charge in [0.1, 0.15) is 11.5 Å². The first-order chi connectivity index (χ1) is 11.5. The highest BCUT2D eigenvalue weighted by Crippen LogP contribution is 2.32. The first-order valence-electron chi connectivity index (χ1n) is 7.80. The first kappa shape index (κ1) is 16.7. The molecule has 24 heavy (non-hydrogen) atoms. The Morgan fingerprint density at radius 3 is 2.75 bits per heavy atom. The molecule has 0 fully saturated rings. The van der Waals surface area contributed by atoms with Gasteiger partial charge < -0.3 is 14.5 Å². The number of ether oxygens (including phenoxy) is 2. The Kier molecular flexibility index (Phi) is 4.73. The number of fused-ring (bicyclic) bond motifs is 1. The van der Waals surface area contributed by atoms with Crippen molar-refractivity contribution in [1.82, 2.24) is 14.9 Å². The molecule has 0 unspecified atom stereocenters. The van der Waals surface area contributed by atoms with Gasteiger partial charge in [0.2, 0.25) is 0 Å². The van der Waals surface area contributed by atoms with Gasteiger partial charge in [0.25, 0.3) is 5.56 Å². The third-order valence-electron chi connectivity index (χ3n) is 4.45. The van der Waals surface area contributed by atoms with Crippen LogP contribution in [-0.2, 0) is 19.5 Å². The van der Waals surface area contributed by atoms with Crippen LogP contribution in [-0.4, -0.2) is 35.6 Å². The molecular weight excluding hydrogens is 326 g/mol. The molecule has 0 saturated heterocycles. The second-order valence-electron chi connectivity index (χ2n) is 5.91. The van der Waals surface area contributed by atoms with Crippen molar-refractivity contribution in [1.29, 1.82) is 0 Å². The van der Waals surface area contributed by atoms with Crippen LogP contribution in [0.4, 0.5) is 0 Å². The topological polar surface area (TPSA) is 70.3 Å². The van der Waals surface area contributed by atoms with E-state index in [0.29, 0.717) is 17.7 Å². The van der Waals surface area contributed by atoms with E-state index >= 15 is 0 Å². The Morgan fingerprint density at radius 1 is 1.25 bits per heavy atom. The van der Waals surface area contributed by atoms with Crippen molar-refractivity contribution in [3.63, 3.8) is 0 Å². The van der Waals surface area contributed by atoms with Crippen LogP contribution in [0.25, 0.3) is 0 Å². The average Bonchev–Trinajstić information content (AvgIpc) is 2.55. The van der Waals surface area contributed by atoms with Gasteiger partial charge in [-0.2, -0.15) is 0 Å². The Morgan fingerprint density at radius 2 is 2.04 bits per heavy atom. The van der Waals surface area contributed by atoms with Gasteiger partial charge in [-0.25, -0.2) is 0 Å². The zero-order chi connectivity index (χ0) is 17.3. The van der Waals surface area contributed by atoms with Crippen LogP contribution in [0.3, 0.4) is 0 Å². The number of methoxy groups -OCH3 is 2. The zero-order valence-corrected chi connectivity index (χ0v) is 14.9. The van der Waals surface area contributed by atoms with Crippen molar-refractivity contribution >= 4 is 12.2 Å². The Balaban J connectivity index is 1.87. The summed E-state index contributed by atoms with van der Waals surface area (Å²) in [6.07, 6.45) is 0.703. The predicted molar refractivity (Wildman–Crippen MR) is 94.3 cm³/mol. The summed E-state index contributed by atoms with van der Waals surface area (Å²) in [4.78, 5) is 20.0. The van der Waals surface area contributed by atoms with Gasteiger partial charge in [-0.1, -0.05) is 6.07 Å². The summed E-state index contributed by atoms with van der Waals surface area (Å²) in [6, 6.07) is 3.99. The van der Waals surface area contributed by atoms with Gasteiger partial charge in [-0.15, -0.1) is 0 Å². The number of H-pyrrole nitrogens is 2. The van der Waals surface area contributed by atoms with Gasteiger partial charge in [-0.05, 0) is 31.6 Å². The van der Waals surface area contributed by atoms with Crippen molar-refractivity contribution in [3.8, 4) is 11.5 Å². The van der Waals surface area contributed by atoms with E-state index in [9.17, 15) is 4.79 Å². The van der Waals surface area contributed by atoms with Crippen LogP contribution in [0.5, 0.6) is 11.5 Å². The van der Waals surface area contributed by atoms with E-state index < -0.39 is 0 Å². The molecule has 2 N–H and O–H groups in total. The molecule has 0 radical (unpaired) electrons. The van der Waals surface area contributed by atoms with Gasteiger partial charge in [-0.3, -0.25) is 14.7 Å². The molecule has 1 aromatic carbocycles. The molecule has 0 atom stereocenters. The fraction of sp³-hybridized carbons (Fsp3) is 0.412. The Labute approximate surface area is 145 Å². The number of benzene rings is 1. The molecule has 2 aromatic rings.